The summed E-state index contributed by atoms with van der Waals surface area (Å²) in [4.78, 5) is 38.2. The van der Waals surface area contributed by atoms with Gasteiger partial charge in [0.15, 0.2) is 6.10 Å². The summed E-state index contributed by atoms with van der Waals surface area (Å²) in [7, 11) is 0. The van der Waals surface area contributed by atoms with Crippen LogP contribution < -0.4 is 0 Å². The Labute approximate surface area is 470 Å². The van der Waals surface area contributed by atoms with E-state index in [0.29, 0.717) is 19.3 Å². The molecule has 0 rings (SSSR count). The standard InChI is InChI=1S/C70H120O6/c1-4-7-10-13-16-19-22-24-26-27-28-29-30-31-32-33-34-35-36-37-38-39-40-41-42-43-44-46-48-51-54-57-60-63-69(72)75-66-67(65-74-68(71)62-59-56-53-50-47-21-18-15-12-9-6-3)76-70(73)64-61-58-55-52-49-45-25-23-20-17-14-11-8-5-2/h7,10,15-16,18-19,24,26,28-29,31-32,34-35,37-38,67H,4-6,8-9,11-14,17,20-23,25,27,30,33,36,39-66H2,1-3H3/b10-7-,18-15-,19-16-,26-24-,29-28-,32-31-,35-34-,38-37-. The molecular formula is C70H120O6. The maximum Gasteiger partial charge on any atom is 0.306 e. The molecule has 0 aromatic heterocycles. The van der Waals surface area contributed by atoms with Crippen LogP contribution in [0.2, 0.25) is 0 Å². The van der Waals surface area contributed by atoms with E-state index in [-0.39, 0.29) is 31.1 Å². The van der Waals surface area contributed by atoms with Crippen molar-refractivity contribution in [3.63, 3.8) is 0 Å². The number of hydrogen-bond donors (Lipinski definition) is 0. The monoisotopic (exact) mass is 1060 g/mol. The largest absolute Gasteiger partial charge is 0.462 e. The van der Waals surface area contributed by atoms with Gasteiger partial charge in [-0.2, -0.15) is 0 Å². The van der Waals surface area contributed by atoms with Gasteiger partial charge in [-0.05, 0) is 96.3 Å². The minimum atomic E-state index is -0.779. The Kier molecular flexibility index (Phi) is 60.8. The molecule has 6 nitrogen and oxygen atoms in total. The lowest BCUT2D eigenvalue weighted by molar-refractivity contribution is -0.167. The molecular weight excluding hydrogens is 937 g/mol. The Morgan fingerprint density at radius 3 is 0.855 bits per heavy atom. The van der Waals surface area contributed by atoms with Crippen LogP contribution in [0.25, 0.3) is 0 Å². The molecule has 0 aromatic rings. The van der Waals surface area contributed by atoms with Crippen LogP contribution in [-0.4, -0.2) is 37.2 Å². The third-order valence-electron chi connectivity index (χ3n) is 13.8. The maximum atomic E-state index is 12.9. The molecule has 0 amide bonds. The molecule has 0 bridgehead atoms. The van der Waals surface area contributed by atoms with E-state index >= 15 is 0 Å². The molecule has 0 aliphatic heterocycles. The molecule has 0 aliphatic carbocycles. The second-order valence-electron chi connectivity index (χ2n) is 21.3. The normalized spacial score (nSPS) is 12.7. The predicted molar refractivity (Wildman–Crippen MR) is 330 cm³/mol. The number of carbonyl (C=O) groups excluding carboxylic acids is 3. The van der Waals surface area contributed by atoms with Gasteiger partial charge in [-0.1, -0.05) is 291 Å². The van der Waals surface area contributed by atoms with Gasteiger partial charge in [0.2, 0.25) is 0 Å². The first-order chi connectivity index (χ1) is 37.5. The molecule has 0 saturated carbocycles. The van der Waals surface area contributed by atoms with Crippen molar-refractivity contribution >= 4 is 17.9 Å². The Bertz CT molecular complexity index is 1490. The fourth-order valence-corrected chi connectivity index (χ4v) is 8.99. The quantitative estimate of drug-likeness (QED) is 0.0261. The zero-order valence-electron chi connectivity index (χ0n) is 50.0. The van der Waals surface area contributed by atoms with Crippen LogP contribution in [0.4, 0.5) is 0 Å². The van der Waals surface area contributed by atoms with E-state index in [4.69, 9.17) is 14.2 Å². The van der Waals surface area contributed by atoms with Gasteiger partial charge in [0.05, 0.1) is 0 Å². The molecule has 0 aromatic carbocycles. The summed E-state index contributed by atoms with van der Waals surface area (Å²) in [6.45, 7) is 6.50. The third-order valence-corrected chi connectivity index (χ3v) is 13.8. The SMILES string of the molecule is CC/C=C\C/C=C\C/C=C\C/C=C\C/C=C\C/C=C\C/C=C\CCCCCCCCCCCCCC(=O)OCC(COC(=O)CCCCCCC/C=C\CCCC)OC(=O)CCCCCCCCCCCCCCCC. The number of hydrogen-bond acceptors (Lipinski definition) is 6. The smallest absolute Gasteiger partial charge is 0.306 e. The van der Waals surface area contributed by atoms with Gasteiger partial charge in [0, 0.05) is 19.3 Å². The van der Waals surface area contributed by atoms with Gasteiger partial charge in [0.25, 0.3) is 0 Å². The van der Waals surface area contributed by atoms with Gasteiger partial charge < -0.3 is 14.2 Å². The highest BCUT2D eigenvalue weighted by molar-refractivity contribution is 5.71. The summed E-state index contributed by atoms with van der Waals surface area (Å²) < 4.78 is 16.9. The van der Waals surface area contributed by atoms with E-state index in [1.165, 1.54) is 161 Å². The van der Waals surface area contributed by atoms with Crippen LogP contribution in [0.3, 0.4) is 0 Å². The number of esters is 3. The molecule has 1 atom stereocenters. The molecule has 76 heavy (non-hydrogen) atoms. The van der Waals surface area contributed by atoms with Crippen molar-refractivity contribution in [2.45, 2.75) is 316 Å². The predicted octanol–water partition coefficient (Wildman–Crippen LogP) is 22.0. The first-order valence-corrected chi connectivity index (χ1v) is 32.2. The number of ether oxygens (including phenoxy) is 3. The Morgan fingerprint density at radius 1 is 0.276 bits per heavy atom. The highest BCUT2D eigenvalue weighted by atomic mass is 16.6. The molecule has 0 radical (unpaired) electrons. The van der Waals surface area contributed by atoms with Crippen LogP contribution in [0.15, 0.2) is 97.2 Å². The van der Waals surface area contributed by atoms with Crippen LogP contribution in [0, 0.1) is 0 Å². The molecule has 0 aliphatic rings. The second kappa shape index (κ2) is 63.9. The summed E-state index contributed by atoms with van der Waals surface area (Å²) in [5, 5.41) is 0. The van der Waals surface area contributed by atoms with Crippen molar-refractivity contribution < 1.29 is 28.6 Å². The maximum absolute atomic E-state index is 12.9. The van der Waals surface area contributed by atoms with E-state index in [2.05, 4.69) is 118 Å². The average molecular weight is 1060 g/mol. The van der Waals surface area contributed by atoms with E-state index in [1.54, 1.807) is 0 Å². The van der Waals surface area contributed by atoms with Crippen molar-refractivity contribution in [1.29, 1.82) is 0 Å². The summed E-state index contributed by atoms with van der Waals surface area (Å²) in [5.41, 5.74) is 0. The summed E-state index contributed by atoms with van der Waals surface area (Å²) >= 11 is 0. The molecule has 0 saturated heterocycles. The van der Waals surface area contributed by atoms with Crippen molar-refractivity contribution in [3.05, 3.63) is 97.2 Å². The molecule has 0 N–H and O–H groups in total. The highest BCUT2D eigenvalue weighted by Crippen LogP contribution is 2.16. The number of rotatable bonds is 58. The van der Waals surface area contributed by atoms with Gasteiger partial charge in [-0.3, -0.25) is 14.4 Å². The fraction of sp³-hybridized carbons (Fsp3) is 0.729. The first-order valence-electron chi connectivity index (χ1n) is 32.2. The van der Waals surface area contributed by atoms with E-state index < -0.39 is 6.10 Å². The highest BCUT2D eigenvalue weighted by Gasteiger charge is 2.19. The first kappa shape index (κ1) is 72.3. The van der Waals surface area contributed by atoms with E-state index in [0.717, 1.165) is 109 Å². The molecule has 1 unspecified atom stereocenters. The molecule has 0 heterocycles. The third kappa shape index (κ3) is 61.2. The van der Waals surface area contributed by atoms with Crippen molar-refractivity contribution in [1.82, 2.24) is 0 Å². The molecule has 0 spiro atoms. The lowest BCUT2D eigenvalue weighted by Crippen LogP contribution is -2.30. The van der Waals surface area contributed by atoms with Crippen LogP contribution in [-0.2, 0) is 28.6 Å². The Morgan fingerprint density at radius 2 is 0.526 bits per heavy atom. The zero-order valence-corrected chi connectivity index (χ0v) is 50.0. The number of allylic oxidation sites excluding steroid dienone is 16. The van der Waals surface area contributed by atoms with Gasteiger partial charge >= 0.3 is 17.9 Å². The topological polar surface area (TPSA) is 78.9 Å². The zero-order chi connectivity index (χ0) is 55.0. The second-order valence-corrected chi connectivity index (χ2v) is 21.3. The molecule has 0 fully saturated rings. The van der Waals surface area contributed by atoms with Gasteiger partial charge in [-0.15, -0.1) is 0 Å². The molecule has 6 heteroatoms. The van der Waals surface area contributed by atoms with Crippen LogP contribution in [0.1, 0.15) is 310 Å². The average Bonchev–Trinajstić information content (AvgIpc) is 3.42. The number of carbonyl (C=O) groups is 3. The lowest BCUT2D eigenvalue weighted by atomic mass is 10.0. The van der Waals surface area contributed by atoms with Gasteiger partial charge in [0.1, 0.15) is 13.2 Å². The van der Waals surface area contributed by atoms with Crippen molar-refractivity contribution in [2.24, 2.45) is 0 Å². The van der Waals surface area contributed by atoms with E-state index in [9.17, 15) is 14.4 Å². The van der Waals surface area contributed by atoms with E-state index in [1.807, 2.05) is 0 Å². The summed E-state index contributed by atoms with van der Waals surface area (Å²) in [6, 6.07) is 0. The number of unbranched alkanes of at least 4 members (excludes halogenated alkanes) is 31. The van der Waals surface area contributed by atoms with Crippen LogP contribution in [0.5, 0.6) is 0 Å². The minimum absolute atomic E-state index is 0.0781. The van der Waals surface area contributed by atoms with Crippen molar-refractivity contribution in [2.75, 3.05) is 13.2 Å². The summed E-state index contributed by atoms with van der Waals surface area (Å²) in [6.07, 6.45) is 85.7. The fourth-order valence-electron chi connectivity index (χ4n) is 8.99. The molecule has 436 valence electrons. The minimum Gasteiger partial charge on any atom is -0.462 e. The van der Waals surface area contributed by atoms with Gasteiger partial charge in [-0.25, -0.2) is 0 Å². The van der Waals surface area contributed by atoms with Crippen molar-refractivity contribution in [3.8, 4) is 0 Å². The summed E-state index contributed by atoms with van der Waals surface area (Å²) in [5.74, 6) is -0.880. The lowest BCUT2D eigenvalue weighted by Gasteiger charge is -2.18. The Hall–Kier alpha value is -3.67. The van der Waals surface area contributed by atoms with Crippen LogP contribution >= 0.6 is 0 Å². The Balaban J connectivity index is 4.16.